The number of hydrogen-bond acceptors (Lipinski definition) is 3. The number of nitrogens with two attached hydrogens (primary N) is 1. The Kier molecular flexibility index (Phi) is 2.00. The van der Waals surface area contributed by atoms with Crippen LogP contribution in [0, 0.1) is 5.95 Å². The molecule has 0 aliphatic carbocycles. The molecule has 0 saturated carbocycles. The molecule has 0 spiro atoms. The molecule has 0 aliphatic rings. The highest BCUT2D eigenvalue weighted by Gasteiger charge is 2.17. The number of nitrogen functional groups attached to an aromatic ring is 1. The van der Waals surface area contributed by atoms with Crippen LogP contribution in [0.15, 0.2) is 6.20 Å². The summed E-state index contributed by atoms with van der Waals surface area (Å²) in [5.41, 5.74) is 5.82. The van der Waals surface area contributed by atoms with Gasteiger partial charge in [-0.25, -0.2) is 9.97 Å². The molecule has 1 aromatic rings. The lowest BCUT2D eigenvalue weighted by Gasteiger charge is -2.16. The molecule has 66 valence electrons. The molecule has 12 heavy (non-hydrogen) atoms. The van der Waals surface area contributed by atoms with Gasteiger partial charge in [0.15, 0.2) is 5.82 Å². The molecule has 1 aromatic heterocycles. The lowest BCUT2D eigenvalue weighted by molar-refractivity contribution is 0.540. The van der Waals surface area contributed by atoms with E-state index in [1.165, 1.54) is 6.20 Å². The van der Waals surface area contributed by atoms with Crippen molar-refractivity contribution in [3.05, 3.63) is 17.8 Å². The zero-order chi connectivity index (χ0) is 9.35. The Morgan fingerprint density at radius 1 is 1.42 bits per heavy atom. The van der Waals surface area contributed by atoms with Crippen molar-refractivity contribution in [3.63, 3.8) is 0 Å². The SMILES string of the molecule is CC(C)(C)c1cnc(F)c(N)n1. The first-order valence-corrected chi connectivity index (χ1v) is 3.70. The van der Waals surface area contributed by atoms with Gasteiger partial charge in [-0.05, 0) is 0 Å². The number of rotatable bonds is 0. The third kappa shape index (κ3) is 1.69. The van der Waals surface area contributed by atoms with E-state index in [9.17, 15) is 4.39 Å². The Morgan fingerprint density at radius 3 is 2.42 bits per heavy atom. The molecule has 1 rings (SSSR count). The van der Waals surface area contributed by atoms with Crippen molar-refractivity contribution in [2.75, 3.05) is 5.73 Å². The molecule has 0 saturated heterocycles. The highest BCUT2D eigenvalue weighted by atomic mass is 19.1. The van der Waals surface area contributed by atoms with Gasteiger partial charge in [0.1, 0.15) is 0 Å². The predicted molar refractivity (Wildman–Crippen MR) is 45.1 cm³/mol. The number of nitrogens with zero attached hydrogens (tertiary/aromatic N) is 2. The Labute approximate surface area is 70.8 Å². The van der Waals surface area contributed by atoms with E-state index in [4.69, 9.17) is 5.73 Å². The molecular formula is C8H12FN3. The van der Waals surface area contributed by atoms with Crippen LogP contribution in [0.2, 0.25) is 0 Å². The minimum atomic E-state index is -0.706. The number of hydrogen-bond donors (Lipinski definition) is 1. The van der Waals surface area contributed by atoms with Gasteiger partial charge >= 0.3 is 0 Å². The molecule has 0 aromatic carbocycles. The fourth-order valence-electron chi connectivity index (χ4n) is 0.750. The van der Waals surface area contributed by atoms with Gasteiger partial charge in [0.05, 0.1) is 11.9 Å². The fourth-order valence-corrected chi connectivity index (χ4v) is 0.750. The number of halogens is 1. The second-order valence-corrected chi connectivity index (χ2v) is 3.68. The summed E-state index contributed by atoms with van der Waals surface area (Å²) in [5.74, 6) is -0.842. The molecule has 0 atom stereocenters. The Hall–Kier alpha value is -1.19. The summed E-state index contributed by atoms with van der Waals surface area (Å²) in [6, 6.07) is 0. The van der Waals surface area contributed by atoms with Gasteiger partial charge in [-0.3, -0.25) is 0 Å². The second kappa shape index (κ2) is 2.69. The van der Waals surface area contributed by atoms with E-state index in [1.54, 1.807) is 0 Å². The maximum atomic E-state index is 12.6. The molecule has 0 aliphatic heterocycles. The molecule has 0 unspecified atom stereocenters. The predicted octanol–water partition coefficient (Wildman–Crippen LogP) is 1.50. The molecule has 4 heteroatoms. The smallest absolute Gasteiger partial charge is 0.255 e. The first kappa shape index (κ1) is 8.90. The maximum absolute atomic E-state index is 12.6. The molecule has 1 heterocycles. The molecule has 0 amide bonds. The van der Waals surface area contributed by atoms with Crippen molar-refractivity contribution in [1.82, 2.24) is 9.97 Å². The molecule has 2 N–H and O–H groups in total. The third-order valence-corrected chi connectivity index (χ3v) is 1.52. The van der Waals surface area contributed by atoms with Crippen molar-refractivity contribution >= 4 is 5.82 Å². The van der Waals surface area contributed by atoms with Crippen LogP contribution in [-0.2, 0) is 5.41 Å². The Morgan fingerprint density at radius 2 is 2.00 bits per heavy atom. The summed E-state index contributed by atoms with van der Waals surface area (Å²) >= 11 is 0. The van der Waals surface area contributed by atoms with Crippen LogP contribution in [0.3, 0.4) is 0 Å². The van der Waals surface area contributed by atoms with Crippen LogP contribution in [-0.4, -0.2) is 9.97 Å². The van der Waals surface area contributed by atoms with Gasteiger partial charge in [0, 0.05) is 5.41 Å². The van der Waals surface area contributed by atoms with Crippen LogP contribution in [0.4, 0.5) is 10.2 Å². The topological polar surface area (TPSA) is 51.8 Å². The standard InChI is InChI=1S/C8H12FN3/c1-8(2,3)5-4-11-6(9)7(10)12-5/h4H,1-3H3,(H2,10,12). The summed E-state index contributed by atoms with van der Waals surface area (Å²) < 4.78 is 12.6. The molecule has 3 nitrogen and oxygen atoms in total. The van der Waals surface area contributed by atoms with Gasteiger partial charge < -0.3 is 5.73 Å². The van der Waals surface area contributed by atoms with E-state index in [1.807, 2.05) is 20.8 Å². The van der Waals surface area contributed by atoms with Gasteiger partial charge in [-0.15, -0.1) is 0 Å². The minimum Gasteiger partial charge on any atom is -0.380 e. The lowest BCUT2D eigenvalue weighted by Crippen LogP contribution is -2.15. The summed E-state index contributed by atoms with van der Waals surface area (Å²) in [6.07, 6.45) is 1.41. The fraction of sp³-hybridized carbons (Fsp3) is 0.500. The summed E-state index contributed by atoms with van der Waals surface area (Å²) in [7, 11) is 0. The first-order valence-electron chi connectivity index (χ1n) is 3.70. The van der Waals surface area contributed by atoms with E-state index in [2.05, 4.69) is 9.97 Å². The molecule has 0 bridgehead atoms. The normalized spacial score (nSPS) is 11.7. The average molecular weight is 169 g/mol. The maximum Gasteiger partial charge on any atom is 0.255 e. The third-order valence-electron chi connectivity index (χ3n) is 1.52. The Bertz CT molecular complexity index is 291. The highest BCUT2D eigenvalue weighted by Crippen LogP contribution is 2.20. The zero-order valence-corrected chi connectivity index (χ0v) is 7.43. The molecule has 0 radical (unpaired) electrons. The number of aromatic nitrogens is 2. The largest absolute Gasteiger partial charge is 0.380 e. The van der Waals surface area contributed by atoms with Gasteiger partial charge in [-0.2, -0.15) is 4.39 Å². The van der Waals surface area contributed by atoms with Crippen LogP contribution < -0.4 is 5.73 Å². The van der Waals surface area contributed by atoms with E-state index in [0.717, 1.165) is 0 Å². The quantitative estimate of drug-likeness (QED) is 0.640. The first-order chi connectivity index (χ1) is 5.41. The second-order valence-electron chi connectivity index (χ2n) is 3.68. The van der Waals surface area contributed by atoms with Gasteiger partial charge in [-0.1, -0.05) is 20.8 Å². The average Bonchev–Trinajstić information content (AvgIpc) is 1.92. The van der Waals surface area contributed by atoms with Crippen LogP contribution in [0.25, 0.3) is 0 Å². The summed E-state index contributed by atoms with van der Waals surface area (Å²) in [4.78, 5) is 7.38. The van der Waals surface area contributed by atoms with E-state index in [0.29, 0.717) is 5.69 Å². The van der Waals surface area contributed by atoms with E-state index >= 15 is 0 Å². The summed E-state index contributed by atoms with van der Waals surface area (Å²) in [6.45, 7) is 5.90. The van der Waals surface area contributed by atoms with Crippen molar-refractivity contribution < 1.29 is 4.39 Å². The monoisotopic (exact) mass is 169 g/mol. The van der Waals surface area contributed by atoms with Crippen molar-refractivity contribution in [2.45, 2.75) is 26.2 Å². The van der Waals surface area contributed by atoms with Gasteiger partial charge in [0.2, 0.25) is 0 Å². The van der Waals surface area contributed by atoms with Crippen LogP contribution >= 0.6 is 0 Å². The zero-order valence-electron chi connectivity index (χ0n) is 7.43. The van der Waals surface area contributed by atoms with Crippen LogP contribution in [0.5, 0.6) is 0 Å². The number of anilines is 1. The Balaban J connectivity index is 3.14. The highest BCUT2D eigenvalue weighted by molar-refractivity contribution is 5.28. The van der Waals surface area contributed by atoms with Crippen molar-refractivity contribution in [1.29, 1.82) is 0 Å². The molecular weight excluding hydrogens is 157 g/mol. The summed E-state index contributed by atoms with van der Waals surface area (Å²) in [5, 5.41) is 0. The lowest BCUT2D eigenvalue weighted by atomic mass is 9.93. The van der Waals surface area contributed by atoms with E-state index in [-0.39, 0.29) is 11.2 Å². The van der Waals surface area contributed by atoms with Crippen molar-refractivity contribution in [2.24, 2.45) is 0 Å². The van der Waals surface area contributed by atoms with E-state index < -0.39 is 5.95 Å². The molecule has 0 fully saturated rings. The van der Waals surface area contributed by atoms with Crippen LogP contribution in [0.1, 0.15) is 26.5 Å². The van der Waals surface area contributed by atoms with Gasteiger partial charge in [0.25, 0.3) is 5.95 Å². The van der Waals surface area contributed by atoms with Crippen molar-refractivity contribution in [3.8, 4) is 0 Å². The minimum absolute atomic E-state index is 0.137.